The summed E-state index contributed by atoms with van der Waals surface area (Å²) in [7, 11) is 0. The molecular formula is C23H30N8O4. The highest BCUT2D eigenvalue weighted by atomic mass is 16.6. The number of hydrogen-bond acceptors (Lipinski definition) is 9. The zero-order valence-electron chi connectivity index (χ0n) is 19.9. The lowest BCUT2D eigenvalue weighted by molar-refractivity contribution is -0.383. The Kier molecular flexibility index (Phi) is 6.99. The van der Waals surface area contributed by atoms with Gasteiger partial charge in [0, 0.05) is 38.4 Å². The number of amides is 2. The second-order valence-corrected chi connectivity index (χ2v) is 8.88. The van der Waals surface area contributed by atoms with Crippen LogP contribution in [0, 0.1) is 24.0 Å². The van der Waals surface area contributed by atoms with E-state index in [2.05, 4.69) is 46.2 Å². The lowest BCUT2D eigenvalue weighted by Gasteiger charge is -2.38. The Morgan fingerprint density at radius 2 is 1.71 bits per heavy atom. The number of nitro groups is 1. The number of benzene rings is 1. The highest BCUT2D eigenvalue weighted by Crippen LogP contribution is 2.38. The molecule has 0 spiro atoms. The molecular weight excluding hydrogens is 452 g/mol. The Morgan fingerprint density at radius 1 is 1.09 bits per heavy atom. The van der Waals surface area contributed by atoms with Gasteiger partial charge in [-0.15, -0.1) is 0 Å². The first-order valence-electron chi connectivity index (χ1n) is 11.7. The van der Waals surface area contributed by atoms with Gasteiger partial charge in [0.15, 0.2) is 0 Å². The topological polar surface area (TPSA) is 151 Å². The summed E-state index contributed by atoms with van der Waals surface area (Å²) < 4.78 is 0. The first kappa shape index (κ1) is 24.2. The van der Waals surface area contributed by atoms with E-state index in [1.54, 1.807) is 4.90 Å². The highest BCUT2D eigenvalue weighted by Gasteiger charge is 2.38. The van der Waals surface area contributed by atoms with Gasteiger partial charge in [-0.05, 0) is 37.8 Å². The van der Waals surface area contributed by atoms with Gasteiger partial charge in [-0.3, -0.25) is 19.7 Å². The fourth-order valence-electron chi connectivity index (χ4n) is 5.00. The largest absolute Gasteiger partial charge is 0.368 e. The van der Waals surface area contributed by atoms with Crippen LogP contribution in [0.5, 0.6) is 0 Å². The van der Waals surface area contributed by atoms with Crippen molar-refractivity contribution in [1.29, 1.82) is 0 Å². The molecule has 2 aromatic rings. The summed E-state index contributed by atoms with van der Waals surface area (Å²) in [6, 6.07) is 5.54. The van der Waals surface area contributed by atoms with E-state index in [0.717, 1.165) is 0 Å². The van der Waals surface area contributed by atoms with Crippen LogP contribution in [0.2, 0.25) is 0 Å². The number of nitrogens with two attached hydrogens (primary N) is 1. The van der Waals surface area contributed by atoms with Crippen molar-refractivity contribution in [2.75, 3.05) is 54.0 Å². The molecule has 186 valence electrons. The van der Waals surface area contributed by atoms with E-state index in [1.807, 2.05) is 11.0 Å². The first-order valence-corrected chi connectivity index (χ1v) is 11.7. The van der Waals surface area contributed by atoms with Crippen molar-refractivity contribution in [1.82, 2.24) is 15.3 Å². The number of nitrogens with zero attached hydrogens (tertiary/aromatic N) is 6. The molecule has 35 heavy (non-hydrogen) atoms. The van der Waals surface area contributed by atoms with Gasteiger partial charge in [-0.2, -0.15) is 0 Å². The molecule has 2 saturated heterocycles. The van der Waals surface area contributed by atoms with Gasteiger partial charge in [0.2, 0.25) is 23.5 Å². The summed E-state index contributed by atoms with van der Waals surface area (Å²) >= 11 is 0. The summed E-state index contributed by atoms with van der Waals surface area (Å²) in [5.74, 6) is -0.686. The zero-order valence-corrected chi connectivity index (χ0v) is 19.9. The van der Waals surface area contributed by atoms with Crippen molar-refractivity contribution in [3.63, 3.8) is 0 Å². The molecule has 4 rings (SSSR count). The predicted octanol–water partition coefficient (Wildman–Crippen LogP) is 0.899. The molecule has 1 unspecified atom stereocenters. The normalized spacial score (nSPS) is 18.0. The molecule has 2 amide bonds. The third-order valence-electron chi connectivity index (χ3n) is 6.57. The summed E-state index contributed by atoms with van der Waals surface area (Å²) in [6.07, 6.45) is 2.47. The van der Waals surface area contributed by atoms with Crippen LogP contribution in [0.4, 0.5) is 23.0 Å². The summed E-state index contributed by atoms with van der Waals surface area (Å²) in [5.41, 5.74) is 8.52. The van der Waals surface area contributed by atoms with Gasteiger partial charge < -0.3 is 25.8 Å². The van der Waals surface area contributed by atoms with Crippen molar-refractivity contribution in [3.8, 4) is 0 Å². The van der Waals surface area contributed by atoms with E-state index in [4.69, 9.17) is 5.73 Å². The van der Waals surface area contributed by atoms with E-state index >= 15 is 0 Å². The van der Waals surface area contributed by atoms with Crippen molar-refractivity contribution in [2.45, 2.75) is 32.7 Å². The lowest BCUT2D eigenvalue weighted by Crippen LogP contribution is -2.48. The number of para-hydroxylation sites is 1. The number of piperazine rings is 1. The van der Waals surface area contributed by atoms with Crippen molar-refractivity contribution >= 4 is 34.8 Å². The molecule has 12 heteroatoms. The number of carbonyl (C=O) groups is 2. The quantitative estimate of drug-likeness (QED) is 0.433. The van der Waals surface area contributed by atoms with Crippen molar-refractivity contribution in [3.05, 3.63) is 45.8 Å². The van der Waals surface area contributed by atoms with Crippen LogP contribution in [0.1, 0.15) is 24.0 Å². The Hall–Kier alpha value is -3.96. The van der Waals surface area contributed by atoms with Crippen LogP contribution >= 0.6 is 0 Å². The maximum atomic E-state index is 12.6. The van der Waals surface area contributed by atoms with E-state index in [9.17, 15) is 19.7 Å². The van der Waals surface area contributed by atoms with E-state index < -0.39 is 22.8 Å². The van der Waals surface area contributed by atoms with Crippen LogP contribution < -0.4 is 25.8 Å². The fourth-order valence-corrected chi connectivity index (χ4v) is 5.00. The van der Waals surface area contributed by atoms with E-state index in [0.29, 0.717) is 45.6 Å². The fraction of sp³-hybridized carbons (Fsp3) is 0.478. The van der Waals surface area contributed by atoms with Gasteiger partial charge in [0.05, 0.1) is 11.5 Å². The molecule has 1 atom stereocenters. The molecule has 3 N–H and O–H groups in total. The molecule has 3 heterocycles. The molecule has 2 aliphatic rings. The minimum Gasteiger partial charge on any atom is -0.368 e. The number of nitrogens with one attached hydrogen (secondary N) is 1. The van der Waals surface area contributed by atoms with E-state index in [-0.39, 0.29) is 23.9 Å². The standard InChI is InChI=1S/C23H30N8O4/c1-15-5-3-6-16(2)19(15)28-9-11-29(12-10-28)21-20(31(34)35)22(27-14-26-21)30-8-4-7-17(30)23(33)25-13-18(24)32/h3,5-6,14,17H,4,7-13H2,1-2H3,(H2,24,32)(H,25,33). The highest BCUT2D eigenvalue weighted by molar-refractivity contribution is 5.90. The van der Waals surface area contributed by atoms with Gasteiger partial charge in [0.25, 0.3) is 0 Å². The minimum atomic E-state index is -0.670. The van der Waals surface area contributed by atoms with Crippen LogP contribution in [0.25, 0.3) is 0 Å². The average molecular weight is 483 g/mol. The molecule has 0 bridgehead atoms. The SMILES string of the molecule is Cc1cccc(C)c1N1CCN(c2ncnc(N3CCCC3C(=O)NCC(N)=O)c2[N+](=O)[O-])CC1. The van der Waals surface area contributed by atoms with Gasteiger partial charge in [-0.1, -0.05) is 18.2 Å². The number of hydrogen-bond donors (Lipinski definition) is 2. The Labute approximate surface area is 203 Å². The number of aryl methyl sites for hydroxylation is 2. The van der Waals surface area contributed by atoms with Crippen molar-refractivity contribution in [2.24, 2.45) is 5.73 Å². The smallest absolute Gasteiger partial charge is 0.353 e. The average Bonchev–Trinajstić information content (AvgIpc) is 3.32. The minimum absolute atomic E-state index is 0.119. The predicted molar refractivity (Wildman–Crippen MR) is 132 cm³/mol. The number of primary amides is 1. The number of carbonyl (C=O) groups excluding carboxylic acids is 2. The third-order valence-corrected chi connectivity index (χ3v) is 6.57. The van der Waals surface area contributed by atoms with Crippen LogP contribution in [0.3, 0.4) is 0 Å². The van der Waals surface area contributed by atoms with Crippen LogP contribution in [0.15, 0.2) is 24.5 Å². The van der Waals surface area contributed by atoms with Gasteiger partial charge >= 0.3 is 5.69 Å². The Bertz CT molecular complexity index is 1110. The summed E-state index contributed by atoms with van der Waals surface area (Å²) in [6.45, 7) is 6.84. The molecule has 1 aromatic carbocycles. The maximum Gasteiger partial charge on any atom is 0.353 e. The number of anilines is 3. The molecule has 1 aromatic heterocycles. The summed E-state index contributed by atoms with van der Waals surface area (Å²) in [5, 5.41) is 14.7. The zero-order chi connectivity index (χ0) is 25.1. The Balaban J connectivity index is 1.57. The van der Waals surface area contributed by atoms with Gasteiger partial charge in [0.1, 0.15) is 12.4 Å². The molecule has 0 aliphatic carbocycles. The number of aromatic nitrogens is 2. The molecule has 12 nitrogen and oxygen atoms in total. The van der Waals surface area contributed by atoms with Crippen LogP contribution in [-0.2, 0) is 9.59 Å². The summed E-state index contributed by atoms with van der Waals surface area (Å²) in [4.78, 5) is 49.8. The maximum absolute atomic E-state index is 12.6. The molecule has 2 aliphatic heterocycles. The van der Waals surface area contributed by atoms with Gasteiger partial charge in [-0.25, -0.2) is 9.97 Å². The second-order valence-electron chi connectivity index (χ2n) is 8.88. The van der Waals surface area contributed by atoms with Crippen molar-refractivity contribution < 1.29 is 14.5 Å². The number of rotatable bonds is 7. The Morgan fingerprint density at radius 3 is 2.34 bits per heavy atom. The second kappa shape index (κ2) is 10.1. The lowest BCUT2D eigenvalue weighted by atomic mass is 10.1. The first-order chi connectivity index (χ1) is 16.8. The molecule has 2 fully saturated rings. The van der Waals surface area contributed by atoms with Crippen LogP contribution in [-0.4, -0.2) is 72.0 Å². The van der Waals surface area contributed by atoms with E-state index in [1.165, 1.54) is 23.1 Å². The molecule has 0 saturated carbocycles. The monoisotopic (exact) mass is 482 g/mol. The molecule has 0 radical (unpaired) electrons. The third kappa shape index (κ3) is 4.96.